The van der Waals surface area contributed by atoms with Crippen molar-refractivity contribution in [3.63, 3.8) is 0 Å². The van der Waals surface area contributed by atoms with Crippen molar-refractivity contribution in [2.24, 2.45) is 0 Å². The van der Waals surface area contributed by atoms with E-state index in [2.05, 4.69) is 34.3 Å². The summed E-state index contributed by atoms with van der Waals surface area (Å²) in [5.74, 6) is 1.93. The third-order valence-electron chi connectivity index (χ3n) is 3.26. The first-order valence-electron chi connectivity index (χ1n) is 6.77. The minimum Gasteiger partial charge on any atom is -0.380 e. The maximum atomic E-state index is 5.37. The molecule has 1 N–H and O–H groups in total. The van der Waals surface area contributed by atoms with Crippen molar-refractivity contribution in [1.82, 2.24) is 4.98 Å². The number of anilines is 2. The molecule has 0 bridgehead atoms. The summed E-state index contributed by atoms with van der Waals surface area (Å²) in [5.41, 5.74) is 1.21. The molecule has 106 valence electrons. The average Bonchev–Trinajstić information content (AvgIpc) is 2.45. The van der Waals surface area contributed by atoms with Gasteiger partial charge in [-0.1, -0.05) is 0 Å². The van der Waals surface area contributed by atoms with Gasteiger partial charge in [0.05, 0.1) is 19.3 Å². The van der Waals surface area contributed by atoms with E-state index in [0.29, 0.717) is 0 Å². The molecule has 1 saturated heterocycles. The molecule has 1 aliphatic rings. The van der Waals surface area contributed by atoms with Crippen molar-refractivity contribution in [3.05, 3.63) is 17.7 Å². The summed E-state index contributed by atoms with van der Waals surface area (Å²) in [6.45, 7) is 8.25. The molecule has 1 aromatic heterocycles. The summed E-state index contributed by atoms with van der Waals surface area (Å²) in [4.78, 5) is 6.93. The zero-order valence-electron chi connectivity index (χ0n) is 12.0. The first kappa shape index (κ1) is 14.1. The molecule has 2 rings (SSSR count). The van der Waals surface area contributed by atoms with Crippen LogP contribution in [0.3, 0.4) is 0 Å². The van der Waals surface area contributed by atoms with Crippen LogP contribution in [0.1, 0.15) is 12.5 Å². The first-order chi connectivity index (χ1) is 9.19. The SMILES string of the molecule is CO[C@@H](C)CNc1cc(C)cc(N2CCOCC2)n1. The van der Waals surface area contributed by atoms with Crippen LogP contribution in [0, 0.1) is 6.92 Å². The van der Waals surface area contributed by atoms with E-state index in [1.807, 2.05) is 6.92 Å². The maximum absolute atomic E-state index is 5.37. The third-order valence-corrected chi connectivity index (χ3v) is 3.26. The molecule has 0 aromatic carbocycles. The van der Waals surface area contributed by atoms with E-state index in [4.69, 9.17) is 9.47 Å². The highest BCUT2D eigenvalue weighted by Gasteiger charge is 2.13. The number of aromatic nitrogens is 1. The van der Waals surface area contributed by atoms with Gasteiger partial charge in [0.25, 0.3) is 0 Å². The minimum atomic E-state index is 0.175. The molecule has 1 aliphatic heterocycles. The quantitative estimate of drug-likeness (QED) is 0.877. The minimum absolute atomic E-state index is 0.175. The predicted molar refractivity (Wildman–Crippen MR) is 77.0 cm³/mol. The maximum Gasteiger partial charge on any atom is 0.131 e. The number of nitrogens with one attached hydrogen (secondary N) is 1. The Balaban J connectivity index is 2.05. The van der Waals surface area contributed by atoms with Gasteiger partial charge < -0.3 is 19.7 Å². The number of morpholine rings is 1. The summed E-state index contributed by atoms with van der Waals surface area (Å²) < 4.78 is 10.6. The fourth-order valence-electron chi connectivity index (χ4n) is 2.03. The Bertz CT molecular complexity index is 406. The monoisotopic (exact) mass is 265 g/mol. The molecule has 0 amide bonds. The summed E-state index contributed by atoms with van der Waals surface area (Å²) in [7, 11) is 1.72. The molecule has 5 nitrogen and oxygen atoms in total. The second-order valence-corrected chi connectivity index (χ2v) is 4.91. The van der Waals surface area contributed by atoms with E-state index in [-0.39, 0.29) is 6.10 Å². The molecule has 0 unspecified atom stereocenters. The highest BCUT2D eigenvalue weighted by atomic mass is 16.5. The number of nitrogens with zero attached hydrogens (tertiary/aromatic N) is 2. The number of pyridine rings is 1. The molecular formula is C14H23N3O2. The normalized spacial score (nSPS) is 17.3. The van der Waals surface area contributed by atoms with Crippen molar-refractivity contribution >= 4 is 11.6 Å². The van der Waals surface area contributed by atoms with E-state index in [1.165, 1.54) is 5.56 Å². The number of aryl methyl sites for hydroxylation is 1. The Kier molecular flexibility index (Phi) is 4.99. The number of methoxy groups -OCH3 is 1. The van der Waals surface area contributed by atoms with Crippen molar-refractivity contribution in [3.8, 4) is 0 Å². The van der Waals surface area contributed by atoms with Crippen molar-refractivity contribution in [1.29, 1.82) is 0 Å². The lowest BCUT2D eigenvalue weighted by molar-refractivity contribution is 0.122. The summed E-state index contributed by atoms with van der Waals surface area (Å²) in [5, 5.41) is 3.32. The van der Waals surface area contributed by atoms with E-state index in [0.717, 1.165) is 44.5 Å². The lowest BCUT2D eigenvalue weighted by atomic mass is 10.2. The number of hydrogen-bond acceptors (Lipinski definition) is 5. The fraction of sp³-hybridized carbons (Fsp3) is 0.643. The van der Waals surface area contributed by atoms with Crippen LogP contribution < -0.4 is 10.2 Å². The number of ether oxygens (including phenoxy) is 2. The van der Waals surface area contributed by atoms with E-state index in [1.54, 1.807) is 7.11 Å². The lowest BCUT2D eigenvalue weighted by Crippen LogP contribution is -2.36. The van der Waals surface area contributed by atoms with Crippen LogP contribution in [0.2, 0.25) is 0 Å². The molecule has 0 radical (unpaired) electrons. The molecule has 1 aromatic rings. The molecule has 1 atom stereocenters. The van der Waals surface area contributed by atoms with Crippen LogP contribution in [0.4, 0.5) is 11.6 Å². The highest BCUT2D eigenvalue weighted by molar-refractivity contribution is 5.50. The van der Waals surface area contributed by atoms with E-state index in [9.17, 15) is 0 Å². The van der Waals surface area contributed by atoms with Gasteiger partial charge in [0.15, 0.2) is 0 Å². The third kappa shape index (κ3) is 4.08. The van der Waals surface area contributed by atoms with Crippen LogP contribution >= 0.6 is 0 Å². The Hall–Kier alpha value is -1.33. The van der Waals surface area contributed by atoms with Crippen LogP contribution in [-0.2, 0) is 9.47 Å². The second kappa shape index (κ2) is 6.73. The molecule has 0 saturated carbocycles. The summed E-state index contributed by atoms with van der Waals surface area (Å²) in [6.07, 6.45) is 0.175. The average molecular weight is 265 g/mol. The predicted octanol–water partition coefficient (Wildman–Crippen LogP) is 1.67. The van der Waals surface area contributed by atoms with E-state index >= 15 is 0 Å². The van der Waals surface area contributed by atoms with Gasteiger partial charge in [-0.05, 0) is 31.5 Å². The summed E-state index contributed by atoms with van der Waals surface area (Å²) >= 11 is 0. The molecule has 2 heterocycles. The zero-order valence-corrected chi connectivity index (χ0v) is 12.0. The van der Waals surface area contributed by atoms with Crippen molar-refractivity contribution in [2.75, 3.05) is 50.2 Å². The molecular weight excluding hydrogens is 242 g/mol. The second-order valence-electron chi connectivity index (χ2n) is 4.91. The van der Waals surface area contributed by atoms with Gasteiger partial charge in [0.2, 0.25) is 0 Å². The number of hydrogen-bond donors (Lipinski definition) is 1. The zero-order chi connectivity index (χ0) is 13.7. The largest absolute Gasteiger partial charge is 0.380 e. The van der Waals surface area contributed by atoms with Gasteiger partial charge in [0, 0.05) is 26.7 Å². The molecule has 19 heavy (non-hydrogen) atoms. The standard InChI is InChI=1S/C14H23N3O2/c1-11-8-13(15-10-12(2)18-3)16-14(9-11)17-4-6-19-7-5-17/h8-9,12H,4-7,10H2,1-3H3,(H,15,16)/t12-/m0/s1. The van der Waals surface area contributed by atoms with E-state index < -0.39 is 0 Å². The molecule has 1 fully saturated rings. The van der Waals surface area contributed by atoms with Crippen LogP contribution in [0.15, 0.2) is 12.1 Å². The van der Waals surface area contributed by atoms with Gasteiger partial charge in [-0.15, -0.1) is 0 Å². The van der Waals surface area contributed by atoms with Crippen LogP contribution in [0.25, 0.3) is 0 Å². The Morgan fingerprint density at radius 1 is 1.42 bits per heavy atom. The topological polar surface area (TPSA) is 46.6 Å². The van der Waals surface area contributed by atoms with Gasteiger partial charge in [0.1, 0.15) is 11.6 Å². The van der Waals surface area contributed by atoms with Crippen molar-refractivity contribution < 1.29 is 9.47 Å². The van der Waals surface area contributed by atoms with Crippen LogP contribution in [-0.4, -0.2) is 51.0 Å². The lowest BCUT2D eigenvalue weighted by Gasteiger charge is -2.28. The van der Waals surface area contributed by atoms with Crippen molar-refractivity contribution in [2.45, 2.75) is 20.0 Å². The van der Waals surface area contributed by atoms with Gasteiger partial charge in [-0.25, -0.2) is 4.98 Å². The molecule has 5 heteroatoms. The Labute approximate surface area is 114 Å². The smallest absolute Gasteiger partial charge is 0.131 e. The Morgan fingerprint density at radius 3 is 2.84 bits per heavy atom. The molecule has 0 aliphatic carbocycles. The first-order valence-corrected chi connectivity index (χ1v) is 6.77. The van der Waals surface area contributed by atoms with Gasteiger partial charge in [-0.3, -0.25) is 0 Å². The summed E-state index contributed by atoms with van der Waals surface area (Å²) in [6, 6.07) is 4.18. The fourth-order valence-corrected chi connectivity index (χ4v) is 2.03. The molecule has 0 spiro atoms. The van der Waals surface area contributed by atoms with Gasteiger partial charge in [-0.2, -0.15) is 0 Å². The number of rotatable bonds is 5. The van der Waals surface area contributed by atoms with Gasteiger partial charge >= 0.3 is 0 Å². The Morgan fingerprint density at radius 2 is 2.16 bits per heavy atom. The van der Waals surface area contributed by atoms with Crippen LogP contribution in [0.5, 0.6) is 0 Å². The highest BCUT2D eigenvalue weighted by Crippen LogP contribution is 2.18.